The summed E-state index contributed by atoms with van der Waals surface area (Å²) in [5.74, 6) is 0.0357. The van der Waals surface area contributed by atoms with Gasteiger partial charge in [0.2, 0.25) is 10.0 Å². The van der Waals surface area contributed by atoms with Gasteiger partial charge in [-0.2, -0.15) is 0 Å². The van der Waals surface area contributed by atoms with Gasteiger partial charge < -0.3 is 5.73 Å². The van der Waals surface area contributed by atoms with Crippen molar-refractivity contribution in [1.29, 1.82) is 0 Å². The summed E-state index contributed by atoms with van der Waals surface area (Å²) in [6.07, 6.45) is 5.59. The van der Waals surface area contributed by atoms with Crippen LogP contribution in [0.4, 0.5) is 5.82 Å². The van der Waals surface area contributed by atoms with E-state index in [0.717, 1.165) is 25.7 Å². The van der Waals surface area contributed by atoms with Crippen LogP contribution in [0.1, 0.15) is 32.6 Å². The first-order valence-electron chi connectivity index (χ1n) is 5.78. The Morgan fingerprint density at radius 1 is 1.35 bits per heavy atom. The molecule has 3 N–H and O–H groups in total. The Morgan fingerprint density at radius 2 is 2.12 bits per heavy atom. The van der Waals surface area contributed by atoms with Crippen molar-refractivity contribution in [3.8, 4) is 0 Å². The van der Waals surface area contributed by atoms with Crippen LogP contribution in [0.3, 0.4) is 0 Å². The zero-order valence-electron chi connectivity index (χ0n) is 10.0. The highest BCUT2D eigenvalue weighted by atomic mass is 32.2. The van der Waals surface area contributed by atoms with Crippen molar-refractivity contribution < 1.29 is 8.42 Å². The fourth-order valence-corrected chi connectivity index (χ4v) is 2.62. The van der Waals surface area contributed by atoms with Gasteiger partial charge in [-0.1, -0.05) is 26.2 Å². The van der Waals surface area contributed by atoms with E-state index in [1.165, 1.54) is 12.3 Å². The molecule has 1 heterocycles. The Kier molecular flexibility index (Phi) is 5.37. The second-order valence-electron chi connectivity index (χ2n) is 3.85. The third-order valence-corrected chi connectivity index (χ3v) is 3.92. The number of pyridine rings is 1. The molecule has 0 aromatic carbocycles. The monoisotopic (exact) mass is 257 g/mol. The van der Waals surface area contributed by atoms with Crippen molar-refractivity contribution in [1.82, 2.24) is 9.71 Å². The molecule has 0 fully saturated rings. The molecule has 0 spiro atoms. The molecular formula is C11H19N3O2S. The predicted molar refractivity (Wildman–Crippen MR) is 68.0 cm³/mol. The van der Waals surface area contributed by atoms with Crippen LogP contribution < -0.4 is 10.5 Å². The van der Waals surface area contributed by atoms with Gasteiger partial charge in [-0.25, -0.2) is 18.1 Å². The summed E-state index contributed by atoms with van der Waals surface area (Å²) in [6.45, 7) is 2.55. The second kappa shape index (κ2) is 6.56. The van der Waals surface area contributed by atoms with Gasteiger partial charge in [0.25, 0.3) is 0 Å². The first-order valence-corrected chi connectivity index (χ1v) is 7.26. The van der Waals surface area contributed by atoms with Crippen LogP contribution in [-0.2, 0) is 10.0 Å². The second-order valence-corrected chi connectivity index (χ2v) is 5.58. The highest BCUT2D eigenvalue weighted by molar-refractivity contribution is 7.89. The minimum Gasteiger partial charge on any atom is -0.383 e. The molecule has 96 valence electrons. The number of hydrogen-bond donors (Lipinski definition) is 2. The number of anilines is 1. The van der Waals surface area contributed by atoms with Crippen LogP contribution in [0, 0.1) is 0 Å². The highest BCUT2D eigenvalue weighted by Crippen LogP contribution is 2.14. The van der Waals surface area contributed by atoms with E-state index in [0.29, 0.717) is 6.54 Å². The summed E-state index contributed by atoms with van der Waals surface area (Å²) in [4.78, 5) is 3.81. The number of aromatic nitrogens is 1. The Hall–Kier alpha value is -1.14. The zero-order chi connectivity index (χ0) is 12.7. The van der Waals surface area contributed by atoms with E-state index in [4.69, 9.17) is 5.73 Å². The molecule has 0 unspecified atom stereocenters. The molecule has 0 aliphatic carbocycles. The molecule has 0 atom stereocenters. The summed E-state index contributed by atoms with van der Waals surface area (Å²) in [5, 5.41) is 0. The van der Waals surface area contributed by atoms with Crippen molar-refractivity contribution in [2.45, 2.75) is 37.5 Å². The van der Waals surface area contributed by atoms with Crippen molar-refractivity contribution in [2.24, 2.45) is 0 Å². The van der Waals surface area contributed by atoms with Crippen molar-refractivity contribution in [3.63, 3.8) is 0 Å². The average Bonchev–Trinajstić information content (AvgIpc) is 2.29. The van der Waals surface area contributed by atoms with E-state index in [-0.39, 0.29) is 10.7 Å². The quantitative estimate of drug-likeness (QED) is 0.725. The number of nitrogens with two attached hydrogens (primary N) is 1. The molecule has 1 rings (SSSR count). The third kappa shape index (κ3) is 4.32. The lowest BCUT2D eigenvalue weighted by atomic mass is 10.2. The minimum absolute atomic E-state index is 0.0357. The predicted octanol–water partition coefficient (Wildman–Crippen LogP) is 1.52. The molecule has 1 aromatic heterocycles. The number of unbranched alkanes of at least 4 members (excludes halogenated alkanes) is 3. The number of rotatable bonds is 7. The Balaban J connectivity index is 2.55. The molecule has 0 amide bonds. The van der Waals surface area contributed by atoms with Crippen LogP contribution >= 0.6 is 0 Å². The van der Waals surface area contributed by atoms with Crippen molar-refractivity contribution in [2.75, 3.05) is 12.3 Å². The summed E-state index contributed by atoms with van der Waals surface area (Å²) < 4.78 is 26.2. The standard InChI is InChI=1S/C11H19N3O2S/c1-2-3-4-5-9-14-17(15,16)10-7-6-8-13-11(10)12/h6-8,14H,2-5,9H2,1H3,(H2,12,13). The van der Waals surface area contributed by atoms with E-state index < -0.39 is 10.0 Å². The van der Waals surface area contributed by atoms with Gasteiger partial charge in [-0.05, 0) is 18.6 Å². The number of nitrogens with one attached hydrogen (secondary N) is 1. The summed E-state index contributed by atoms with van der Waals surface area (Å²) in [7, 11) is -3.52. The van der Waals surface area contributed by atoms with Gasteiger partial charge in [-0.15, -0.1) is 0 Å². The molecule has 0 saturated heterocycles. The molecule has 0 radical (unpaired) electrons. The molecule has 6 heteroatoms. The molecular weight excluding hydrogens is 238 g/mol. The summed E-state index contributed by atoms with van der Waals surface area (Å²) in [5.41, 5.74) is 5.53. The lowest BCUT2D eigenvalue weighted by Crippen LogP contribution is -2.25. The van der Waals surface area contributed by atoms with E-state index in [1.807, 2.05) is 0 Å². The smallest absolute Gasteiger partial charge is 0.244 e. The van der Waals surface area contributed by atoms with Crippen LogP contribution in [0.5, 0.6) is 0 Å². The van der Waals surface area contributed by atoms with Crippen LogP contribution in [0.25, 0.3) is 0 Å². The highest BCUT2D eigenvalue weighted by Gasteiger charge is 2.16. The molecule has 5 nitrogen and oxygen atoms in total. The number of hydrogen-bond acceptors (Lipinski definition) is 4. The molecule has 0 aliphatic heterocycles. The average molecular weight is 257 g/mol. The minimum atomic E-state index is -3.52. The van der Waals surface area contributed by atoms with E-state index in [2.05, 4.69) is 16.6 Å². The summed E-state index contributed by atoms with van der Waals surface area (Å²) in [6, 6.07) is 3.01. The Labute approximate surface area is 102 Å². The fourth-order valence-electron chi connectivity index (χ4n) is 1.47. The van der Waals surface area contributed by atoms with Gasteiger partial charge in [0.05, 0.1) is 0 Å². The van der Waals surface area contributed by atoms with Gasteiger partial charge >= 0.3 is 0 Å². The topological polar surface area (TPSA) is 85.1 Å². The van der Waals surface area contributed by atoms with Crippen molar-refractivity contribution >= 4 is 15.8 Å². The number of nitrogen functional groups attached to an aromatic ring is 1. The lowest BCUT2D eigenvalue weighted by Gasteiger charge is -2.07. The van der Waals surface area contributed by atoms with Gasteiger partial charge in [0.15, 0.2) is 0 Å². The molecule has 0 bridgehead atoms. The maximum Gasteiger partial charge on any atom is 0.244 e. The number of nitrogens with zero attached hydrogens (tertiary/aromatic N) is 1. The van der Waals surface area contributed by atoms with Crippen molar-refractivity contribution in [3.05, 3.63) is 18.3 Å². The Bertz CT molecular complexity index is 446. The first kappa shape index (κ1) is 13.9. The maximum atomic E-state index is 11.9. The van der Waals surface area contributed by atoms with Crippen LogP contribution in [-0.4, -0.2) is 19.9 Å². The Morgan fingerprint density at radius 3 is 2.76 bits per heavy atom. The van der Waals surface area contributed by atoms with E-state index in [1.54, 1.807) is 6.07 Å². The van der Waals surface area contributed by atoms with Gasteiger partial charge in [0, 0.05) is 12.7 Å². The van der Waals surface area contributed by atoms with Gasteiger partial charge in [-0.3, -0.25) is 0 Å². The normalized spacial score (nSPS) is 11.6. The molecule has 17 heavy (non-hydrogen) atoms. The van der Waals surface area contributed by atoms with E-state index in [9.17, 15) is 8.42 Å². The third-order valence-electron chi connectivity index (χ3n) is 2.41. The lowest BCUT2D eigenvalue weighted by molar-refractivity contribution is 0.573. The van der Waals surface area contributed by atoms with Crippen LogP contribution in [0.15, 0.2) is 23.2 Å². The van der Waals surface area contributed by atoms with E-state index >= 15 is 0 Å². The van der Waals surface area contributed by atoms with Crippen LogP contribution in [0.2, 0.25) is 0 Å². The largest absolute Gasteiger partial charge is 0.383 e. The van der Waals surface area contributed by atoms with Gasteiger partial charge in [0.1, 0.15) is 10.7 Å². The number of sulfonamides is 1. The summed E-state index contributed by atoms with van der Waals surface area (Å²) >= 11 is 0. The molecule has 1 aromatic rings. The molecule has 0 aliphatic rings. The molecule has 0 saturated carbocycles. The maximum absolute atomic E-state index is 11.9. The zero-order valence-corrected chi connectivity index (χ0v) is 10.8. The SMILES string of the molecule is CCCCCCNS(=O)(=O)c1cccnc1N. The fraction of sp³-hybridized carbons (Fsp3) is 0.545. The first-order chi connectivity index (χ1) is 8.08.